The van der Waals surface area contributed by atoms with Gasteiger partial charge in [0.05, 0.1) is 0 Å². The minimum Gasteiger partial charge on any atom is -0.309 e. The van der Waals surface area contributed by atoms with Gasteiger partial charge in [0.2, 0.25) is 0 Å². The zero-order valence-corrected chi connectivity index (χ0v) is 16.5. The molecule has 0 amide bonds. The first kappa shape index (κ1) is 19.7. The fourth-order valence-corrected chi connectivity index (χ4v) is 3.47. The molecule has 0 spiro atoms. The highest BCUT2D eigenvalue weighted by atomic mass is 14.8. The van der Waals surface area contributed by atoms with Crippen molar-refractivity contribution in [3.8, 4) is 0 Å². The van der Waals surface area contributed by atoms with Gasteiger partial charge in [0, 0.05) is 19.0 Å². The van der Waals surface area contributed by atoms with Crippen molar-refractivity contribution in [2.24, 2.45) is 11.8 Å². The Hall–Kier alpha value is -1.60. The van der Waals surface area contributed by atoms with Crippen LogP contribution in [0.25, 0.3) is 0 Å². The molecule has 2 atom stereocenters. The molecule has 136 valence electrons. The Balaban J connectivity index is 1.83. The molecule has 25 heavy (non-hydrogen) atoms. The van der Waals surface area contributed by atoms with E-state index < -0.39 is 0 Å². The predicted octanol–water partition coefficient (Wildman–Crippen LogP) is 6.28. The molecule has 0 fully saturated rings. The fourth-order valence-electron chi connectivity index (χ4n) is 3.47. The van der Waals surface area contributed by atoms with E-state index in [0.29, 0.717) is 11.8 Å². The van der Waals surface area contributed by atoms with E-state index in [9.17, 15) is 0 Å². The van der Waals surface area contributed by atoms with Crippen LogP contribution in [0.2, 0.25) is 0 Å². The molecule has 0 saturated carbocycles. The standard InChI is InChI=1S/C24H35N/c1-5-6-7-10-23-11-8-9-12-24(23)15-19(2)17-25-18-22-14-13-20(3)21(4)16-22/h8-9,11-16,23-25H,5-7,10,17-18H2,1-4H3/b19-15+. The highest BCUT2D eigenvalue weighted by Gasteiger charge is 2.16. The van der Waals surface area contributed by atoms with Gasteiger partial charge in [0.15, 0.2) is 0 Å². The molecular formula is C24H35N. The van der Waals surface area contributed by atoms with Crippen LogP contribution in [-0.2, 0) is 6.54 Å². The second-order valence-electron chi connectivity index (χ2n) is 7.54. The number of aryl methyl sites for hydroxylation is 2. The summed E-state index contributed by atoms with van der Waals surface area (Å²) in [5, 5.41) is 3.59. The molecule has 0 heterocycles. The molecule has 1 aliphatic rings. The minimum atomic E-state index is 0.560. The van der Waals surface area contributed by atoms with Gasteiger partial charge in [-0.05, 0) is 49.8 Å². The summed E-state index contributed by atoms with van der Waals surface area (Å²) in [5.74, 6) is 1.23. The Morgan fingerprint density at radius 2 is 1.88 bits per heavy atom. The van der Waals surface area contributed by atoms with Crippen LogP contribution in [0.15, 0.2) is 54.2 Å². The van der Waals surface area contributed by atoms with Crippen molar-refractivity contribution in [1.29, 1.82) is 0 Å². The molecule has 1 heteroatoms. The third-order valence-electron chi connectivity index (χ3n) is 5.22. The molecule has 0 aromatic heterocycles. The third kappa shape index (κ3) is 6.66. The summed E-state index contributed by atoms with van der Waals surface area (Å²) >= 11 is 0. The number of benzene rings is 1. The maximum atomic E-state index is 3.59. The first-order chi connectivity index (χ1) is 12.1. The Bertz CT molecular complexity index is 621. The van der Waals surface area contributed by atoms with Gasteiger partial charge in [0.25, 0.3) is 0 Å². The van der Waals surface area contributed by atoms with Crippen LogP contribution < -0.4 is 5.32 Å². The van der Waals surface area contributed by atoms with Gasteiger partial charge in [-0.2, -0.15) is 0 Å². The summed E-state index contributed by atoms with van der Waals surface area (Å²) in [6.45, 7) is 10.8. The second kappa shape index (κ2) is 10.4. The lowest BCUT2D eigenvalue weighted by atomic mass is 9.83. The Morgan fingerprint density at radius 1 is 1.08 bits per heavy atom. The lowest BCUT2D eigenvalue weighted by Crippen LogP contribution is -2.17. The monoisotopic (exact) mass is 337 g/mol. The zero-order chi connectivity index (χ0) is 18.1. The molecule has 1 aromatic carbocycles. The Morgan fingerprint density at radius 3 is 2.64 bits per heavy atom. The van der Waals surface area contributed by atoms with Gasteiger partial charge < -0.3 is 5.32 Å². The molecule has 2 unspecified atom stereocenters. The van der Waals surface area contributed by atoms with Crippen molar-refractivity contribution in [1.82, 2.24) is 5.32 Å². The minimum absolute atomic E-state index is 0.560. The molecule has 2 rings (SSSR count). The topological polar surface area (TPSA) is 12.0 Å². The van der Waals surface area contributed by atoms with Crippen LogP contribution in [0.1, 0.15) is 56.2 Å². The quantitative estimate of drug-likeness (QED) is 0.413. The fraction of sp³-hybridized carbons (Fsp3) is 0.500. The van der Waals surface area contributed by atoms with Crippen molar-refractivity contribution < 1.29 is 0 Å². The maximum absolute atomic E-state index is 3.59. The summed E-state index contributed by atoms with van der Waals surface area (Å²) < 4.78 is 0. The number of hydrogen-bond donors (Lipinski definition) is 1. The highest BCUT2D eigenvalue weighted by Crippen LogP contribution is 2.27. The summed E-state index contributed by atoms with van der Waals surface area (Å²) in [6, 6.07) is 6.74. The van der Waals surface area contributed by atoms with E-state index >= 15 is 0 Å². The van der Waals surface area contributed by atoms with Gasteiger partial charge in [-0.3, -0.25) is 0 Å². The first-order valence-corrected chi connectivity index (χ1v) is 9.89. The van der Waals surface area contributed by atoms with E-state index in [-0.39, 0.29) is 0 Å². The summed E-state index contributed by atoms with van der Waals surface area (Å²) in [5.41, 5.74) is 5.55. The average Bonchev–Trinajstić information content (AvgIpc) is 2.60. The average molecular weight is 338 g/mol. The lowest BCUT2D eigenvalue weighted by molar-refractivity contribution is 0.476. The molecule has 0 bridgehead atoms. The molecule has 1 N–H and O–H groups in total. The molecule has 0 saturated heterocycles. The van der Waals surface area contributed by atoms with E-state index in [4.69, 9.17) is 0 Å². The first-order valence-electron chi connectivity index (χ1n) is 9.89. The summed E-state index contributed by atoms with van der Waals surface area (Å²) in [6.07, 6.45) is 16.9. The van der Waals surface area contributed by atoms with Crippen molar-refractivity contribution in [3.63, 3.8) is 0 Å². The number of nitrogens with one attached hydrogen (secondary N) is 1. The van der Waals surface area contributed by atoms with Crippen molar-refractivity contribution >= 4 is 0 Å². The summed E-state index contributed by atoms with van der Waals surface area (Å²) in [7, 11) is 0. The van der Waals surface area contributed by atoms with E-state index in [2.05, 4.69) is 81.6 Å². The lowest BCUT2D eigenvalue weighted by Gasteiger charge is -2.22. The van der Waals surface area contributed by atoms with Gasteiger partial charge in [-0.25, -0.2) is 0 Å². The van der Waals surface area contributed by atoms with E-state index in [1.165, 1.54) is 47.9 Å². The molecule has 1 aliphatic carbocycles. The van der Waals surface area contributed by atoms with Crippen LogP contribution in [0.3, 0.4) is 0 Å². The molecule has 1 aromatic rings. The van der Waals surface area contributed by atoms with Crippen molar-refractivity contribution in [2.45, 2.75) is 59.9 Å². The van der Waals surface area contributed by atoms with E-state index in [1.54, 1.807) is 0 Å². The Labute approximate surface area is 154 Å². The molecule has 1 nitrogen and oxygen atoms in total. The van der Waals surface area contributed by atoms with Gasteiger partial charge >= 0.3 is 0 Å². The summed E-state index contributed by atoms with van der Waals surface area (Å²) in [4.78, 5) is 0. The number of unbranched alkanes of at least 4 members (excludes halogenated alkanes) is 2. The van der Waals surface area contributed by atoms with Crippen LogP contribution in [0.4, 0.5) is 0 Å². The smallest absolute Gasteiger partial charge is 0.0208 e. The van der Waals surface area contributed by atoms with Crippen LogP contribution in [-0.4, -0.2) is 6.54 Å². The normalized spacial score (nSPS) is 20.2. The SMILES string of the molecule is CCCCCC1C=CC=CC1/C=C(\C)CNCc1ccc(C)c(C)c1. The molecular weight excluding hydrogens is 302 g/mol. The zero-order valence-electron chi connectivity index (χ0n) is 16.5. The van der Waals surface area contributed by atoms with Gasteiger partial charge in [-0.1, -0.05) is 80.3 Å². The molecule has 0 aliphatic heterocycles. The van der Waals surface area contributed by atoms with Crippen LogP contribution in [0, 0.1) is 25.7 Å². The van der Waals surface area contributed by atoms with E-state index in [1.807, 2.05) is 0 Å². The highest BCUT2D eigenvalue weighted by molar-refractivity contribution is 5.30. The number of rotatable bonds is 9. The number of hydrogen-bond acceptors (Lipinski definition) is 1. The van der Waals surface area contributed by atoms with Crippen molar-refractivity contribution in [2.75, 3.05) is 6.54 Å². The largest absolute Gasteiger partial charge is 0.309 e. The van der Waals surface area contributed by atoms with Gasteiger partial charge in [-0.15, -0.1) is 0 Å². The van der Waals surface area contributed by atoms with E-state index in [0.717, 1.165) is 13.1 Å². The Kier molecular flexibility index (Phi) is 8.21. The molecule has 0 radical (unpaired) electrons. The maximum Gasteiger partial charge on any atom is 0.0208 e. The van der Waals surface area contributed by atoms with Crippen LogP contribution in [0.5, 0.6) is 0 Å². The number of allylic oxidation sites excluding steroid dienone is 5. The third-order valence-corrected chi connectivity index (χ3v) is 5.22. The van der Waals surface area contributed by atoms with Crippen molar-refractivity contribution in [3.05, 3.63) is 70.8 Å². The van der Waals surface area contributed by atoms with Crippen LogP contribution >= 0.6 is 0 Å². The second-order valence-corrected chi connectivity index (χ2v) is 7.54. The van der Waals surface area contributed by atoms with Gasteiger partial charge in [0.1, 0.15) is 0 Å². The predicted molar refractivity (Wildman–Crippen MR) is 111 cm³/mol.